The summed E-state index contributed by atoms with van der Waals surface area (Å²) in [7, 11) is -9.91. The Morgan fingerprint density at radius 2 is 0.479 bits per heavy atom. The summed E-state index contributed by atoms with van der Waals surface area (Å²) in [6.45, 7) is 9.62. The molecule has 0 fully saturated rings. The molecule has 5 atom stereocenters. The molecular weight excluding hydrogens is 1260 g/mol. The average Bonchev–Trinajstić information content (AvgIpc) is 3.73. The quantitative estimate of drug-likeness (QED) is 0.0222. The van der Waals surface area contributed by atoms with E-state index in [4.69, 9.17) is 37.0 Å². The van der Waals surface area contributed by atoms with Crippen molar-refractivity contribution in [3.8, 4) is 0 Å². The van der Waals surface area contributed by atoms with Gasteiger partial charge in [-0.25, -0.2) is 9.13 Å². The Hall–Kier alpha value is -1.94. The Balaban J connectivity index is 5.18. The van der Waals surface area contributed by atoms with Crippen molar-refractivity contribution in [1.82, 2.24) is 0 Å². The molecule has 0 bridgehead atoms. The molecule has 0 aromatic carbocycles. The van der Waals surface area contributed by atoms with Gasteiger partial charge in [-0.1, -0.05) is 350 Å². The smallest absolute Gasteiger partial charge is 0.462 e. The lowest BCUT2D eigenvalue weighted by Crippen LogP contribution is -2.30. The van der Waals surface area contributed by atoms with Gasteiger partial charge in [0.1, 0.15) is 19.3 Å². The van der Waals surface area contributed by atoms with Crippen molar-refractivity contribution < 1.29 is 80.2 Å². The minimum Gasteiger partial charge on any atom is -0.462 e. The molecule has 0 aromatic rings. The first-order valence-electron chi connectivity index (χ1n) is 40.0. The number of rotatable bonds is 76. The van der Waals surface area contributed by atoms with Gasteiger partial charge in [0.15, 0.2) is 12.2 Å². The Morgan fingerprint density at radius 3 is 0.708 bits per heavy atom. The standard InChI is InChI=1S/C77H150O17P2/c1-7-9-11-13-15-16-17-31-37-43-49-55-61-76(81)93-72(65-87-74(79)59-53-47-39-14-12-10-8-2)67-91-95(83,84)89-63-71(78)64-90-96(85,86)92-68-73(66-88-75(80)60-54-48-42-36-32-27-24-20-22-26-30-35-41-46-52-58-70(5)6)94-77(82)62-56-50-44-38-33-28-23-19-18-21-25-29-34-40-45-51-57-69(3)4/h69-73,78H,7-68H2,1-6H3,(H,83,84)(H,85,86)/t71-,72+,73+/m0/s1. The molecule has 0 spiro atoms. The molecule has 0 radical (unpaired) electrons. The first-order chi connectivity index (χ1) is 46.4. The van der Waals surface area contributed by atoms with Gasteiger partial charge in [-0.2, -0.15) is 0 Å². The monoisotopic (exact) mass is 1410 g/mol. The van der Waals surface area contributed by atoms with Crippen molar-refractivity contribution in [3.63, 3.8) is 0 Å². The number of hydrogen-bond donors (Lipinski definition) is 3. The summed E-state index contributed by atoms with van der Waals surface area (Å²) in [5.41, 5.74) is 0. The summed E-state index contributed by atoms with van der Waals surface area (Å²) in [5.74, 6) is -0.502. The van der Waals surface area contributed by atoms with Gasteiger partial charge in [0, 0.05) is 25.7 Å². The predicted octanol–water partition coefficient (Wildman–Crippen LogP) is 22.7. The van der Waals surface area contributed by atoms with Gasteiger partial charge in [-0.15, -0.1) is 0 Å². The fourth-order valence-corrected chi connectivity index (χ4v) is 13.4. The molecule has 0 aromatic heterocycles. The number of carbonyl (C=O) groups is 4. The van der Waals surface area contributed by atoms with Crippen LogP contribution in [0.3, 0.4) is 0 Å². The van der Waals surface area contributed by atoms with Gasteiger partial charge >= 0.3 is 39.5 Å². The van der Waals surface area contributed by atoms with Gasteiger partial charge in [-0.05, 0) is 37.5 Å². The average molecular weight is 1410 g/mol. The number of esters is 4. The maximum Gasteiger partial charge on any atom is 0.472 e. The lowest BCUT2D eigenvalue weighted by atomic mass is 10.0. The van der Waals surface area contributed by atoms with Crippen molar-refractivity contribution in [2.45, 2.75) is 419 Å². The lowest BCUT2D eigenvalue weighted by Gasteiger charge is -2.21. The molecule has 0 aliphatic heterocycles. The van der Waals surface area contributed by atoms with Crippen molar-refractivity contribution >= 4 is 39.5 Å². The van der Waals surface area contributed by atoms with Gasteiger partial charge in [0.2, 0.25) is 0 Å². The summed E-state index contributed by atoms with van der Waals surface area (Å²) in [6.07, 6.45) is 57.0. The van der Waals surface area contributed by atoms with E-state index in [9.17, 15) is 43.2 Å². The second-order valence-corrected chi connectivity index (χ2v) is 31.6. The third kappa shape index (κ3) is 70.5. The summed E-state index contributed by atoms with van der Waals surface area (Å²) in [6, 6.07) is 0. The molecular formula is C77H150O17P2. The van der Waals surface area contributed by atoms with Crippen molar-refractivity contribution in [2.75, 3.05) is 39.6 Å². The number of ether oxygens (including phenoxy) is 4. The minimum atomic E-state index is -4.96. The third-order valence-electron chi connectivity index (χ3n) is 18.0. The summed E-state index contributed by atoms with van der Waals surface area (Å²) < 4.78 is 68.4. The van der Waals surface area contributed by atoms with E-state index in [-0.39, 0.29) is 25.7 Å². The highest BCUT2D eigenvalue weighted by Crippen LogP contribution is 2.45. The van der Waals surface area contributed by atoms with Crippen LogP contribution in [0.2, 0.25) is 0 Å². The summed E-state index contributed by atoms with van der Waals surface area (Å²) in [4.78, 5) is 72.7. The van der Waals surface area contributed by atoms with Crippen molar-refractivity contribution in [3.05, 3.63) is 0 Å². The number of phosphoric acid groups is 2. The van der Waals surface area contributed by atoms with Gasteiger partial charge in [-0.3, -0.25) is 37.3 Å². The summed E-state index contributed by atoms with van der Waals surface area (Å²) >= 11 is 0. The molecule has 0 amide bonds. The van der Waals surface area contributed by atoms with Crippen LogP contribution in [0.1, 0.15) is 401 Å². The molecule has 3 N–H and O–H groups in total. The SMILES string of the molecule is CCCCCCCCCCCCCCC(=O)O[C@H](COC(=O)CCCCCCCCC)COP(=O)(O)OC[C@H](O)COP(=O)(O)OC[C@@H](COC(=O)CCCCCCCCCCCCCCCCCC(C)C)OC(=O)CCCCCCCCCCCCCCCCCCC(C)C. The fourth-order valence-electron chi connectivity index (χ4n) is 11.8. The predicted molar refractivity (Wildman–Crippen MR) is 391 cm³/mol. The maximum absolute atomic E-state index is 13.1. The number of phosphoric ester groups is 2. The summed E-state index contributed by atoms with van der Waals surface area (Å²) in [5, 5.41) is 10.6. The van der Waals surface area contributed by atoms with E-state index in [1.54, 1.807) is 0 Å². The van der Waals surface area contributed by atoms with E-state index in [1.165, 1.54) is 205 Å². The molecule has 570 valence electrons. The Kier molecular flexibility index (Phi) is 67.4. The second kappa shape index (κ2) is 68.8. The first-order valence-corrected chi connectivity index (χ1v) is 43.0. The largest absolute Gasteiger partial charge is 0.472 e. The van der Waals surface area contributed by atoms with Gasteiger partial charge in [0.25, 0.3) is 0 Å². The molecule has 0 rings (SSSR count). The van der Waals surface area contributed by atoms with Crippen LogP contribution >= 0.6 is 15.6 Å². The van der Waals surface area contributed by atoms with E-state index < -0.39 is 97.5 Å². The topological polar surface area (TPSA) is 237 Å². The fraction of sp³-hybridized carbons (Fsp3) is 0.948. The third-order valence-corrected chi connectivity index (χ3v) is 19.9. The van der Waals surface area contributed by atoms with Crippen LogP contribution in [-0.4, -0.2) is 96.7 Å². The molecule has 96 heavy (non-hydrogen) atoms. The normalized spacial score (nSPS) is 14.0. The maximum atomic E-state index is 13.1. The van der Waals surface area contributed by atoms with Crippen LogP contribution in [0.5, 0.6) is 0 Å². The van der Waals surface area contributed by atoms with Crippen molar-refractivity contribution in [2.24, 2.45) is 11.8 Å². The number of unbranched alkanes of at least 4 members (excludes halogenated alkanes) is 46. The molecule has 19 heteroatoms. The van der Waals surface area contributed by atoms with E-state index in [0.717, 1.165) is 115 Å². The van der Waals surface area contributed by atoms with Crippen LogP contribution in [0.4, 0.5) is 0 Å². The highest BCUT2D eigenvalue weighted by molar-refractivity contribution is 7.47. The highest BCUT2D eigenvalue weighted by Gasteiger charge is 2.30. The van der Waals surface area contributed by atoms with E-state index >= 15 is 0 Å². The molecule has 17 nitrogen and oxygen atoms in total. The minimum absolute atomic E-state index is 0.107. The number of hydrogen-bond acceptors (Lipinski definition) is 15. The molecule has 0 saturated heterocycles. The van der Waals surface area contributed by atoms with Crippen LogP contribution in [0.25, 0.3) is 0 Å². The van der Waals surface area contributed by atoms with Crippen molar-refractivity contribution in [1.29, 1.82) is 0 Å². The molecule has 0 heterocycles. The number of aliphatic hydroxyl groups is 1. The second-order valence-electron chi connectivity index (χ2n) is 28.7. The van der Waals surface area contributed by atoms with E-state index in [1.807, 2.05) is 0 Å². The van der Waals surface area contributed by atoms with Crippen LogP contribution < -0.4 is 0 Å². The van der Waals surface area contributed by atoms with Crippen LogP contribution in [0, 0.1) is 11.8 Å². The first kappa shape index (κ1) is 94.1. The lowest BCUT2D eigenvalue weighted by molar-refractivity contribution is -0.161. The Morgan fingerprint density at radius 1 is 0.281 bits per heavy atom. The van der Waals surface area contributed by atoms with Crippen LogP contribution in [0.15, 0.2) is 0 Å². The van der Waals surface area contributed by atoms with E-state index in [0.29, 0.717) is 25.7 Å². The highest BCUT2D eigenvalue weighted by atomic mass is 31.2. The molecule has 0 aliphatic rings. The zero-order valence-electron chi connectivity index (χ0n) is 62.7. The van der Waals surface area contributed by atoms with E-state index in [2.05, 4.69) is 41.5 Å². The number of carbonyl (C=O) groups excluding carboxylic acids is 4. The Labute approximate surface area is 588 Å². The molecule has 0 aliphatic carbocycles. The Bertz CT molecular complexity index is 1860. The van der Waals surface area contributed by atoms with Crippen LogP contribution in [-0.2, 0) is 65.4 Å². The zero-order valence-corrected chi connectivity index (χ0v) is 64.5. The number of aliphatic hydroxyl groups excluding tert-OH is 1. The zero-order chi connectivity index (χ0) is 70.7. The van der Waals surface area contributed by atoms with Gasteiger partial charge < -0.3 is 33.8 Å². The van der Waals surface area contributed by atoms with Gasteiger partial charge in [0.05, 0.1) is 26.4 Å². The molecule has 2 unspecified atom stereocenters. The molecule has 0 saturated carbocycles.